The molecule has 0 saturated heterocycles. The molecule has 0 aliphatic heterocycles. The van der Waals surface area contributed by atoms with Gasteiger partial charge in [0.2, 0.25) is 5.95 Å². The topological polar surface area (TPSA) is 66.9 Å². The summed E-state index contributed by atoms with van der Waals surface area (Å²) in [7, 11) is 0. The standard InChI is InChI=1S/C18H11F5N4O/c19-11-4-5-14(13(20)9-11)26-17-24-7-6-15(27-17)16(28)25-12-3-1-2-10(8-12)18(21,22)23/h1-9H,(H,25,28)(H,24,26,27). The number of nitrogens with zero attached hydrogens (tertiary/aromatic N) is 2. The Morgan fingerprint density at radius 1 is 1.00 bits per heavy atom. The monoisotopic (exact) mass is 394 g/mol. The predicted molar refractivity (Wildman–Crippen MR) is 91.1 cm³/mol. The van der Waals surface area contributed by atoms with Crippen LogP contribution in [-0.4, -0.2) is 15.9 Å². The van der Waals surface area contributed by atoms with E-state index in [1.165, 1.54) is 18.3 Å². The van der Waals surface area contributed by atoms with Crippen LogP contribution in [0.4, 0.5) is 39.3 Å². The quantitative estimate of drug-likeness (QED) is 0.626. The summed E-state index contributed by atoms with van der Waals surface area (Å²) in [6, 6.07) is 8.15. The van der Waals surface area contributed by atoms with Crippen molar-refractivity contribution in [3.05, 3.63) is 77.6 Å². The molecule has 144 valence electrons. The third kappa shape index (κ3) is 4.58. The fraction of sp³-hybridized carbons (Fsp3) is 0.0556. The van der Waals surface area contributed by atoms with Crippen LogP contribution in [0, 0.1) is 11.6 Å². The summed E-state index contributed by atoms with van der Waals surface area (Å²) in [5.74, 6) is -2.59. The number of nitrogens with one attached hydrogen (secondary N) is 2. The first-order chi connectivity index (χ1) is 13.2. The molecule has 10 heteroatoms. The minimum atomic E-state index is -4.55. The fourth-order valence-corrected chi connectivity index (χ4v) is 2.23. The van der Waals surface area contributed by atoms with Crippen molar-refractivity contribution < 1.29 is 26.7 Å². The van der Waals surface area contributed by atoms with E-state index in [-0.39, 0.29) is 23.0 Å². The zero-order valence-electron chi connectivity index (χ0n) is 13.9. The van der Waals surface area contributed by atoms with Gasteiger partial charge in [-0.15, -0.1) is 0 Å². The number of benzene rings is 2. The lowest BCUT2D eigenvalue weighted by molar-refractivity contribution is -0.137. The molecule has 2 N–H and O–H groups in total. The number of carbonyl (C=O) groups excluding carboxylic acids is 1. The average molecular weight is 394 g/mol. The average Bonchev–Trinajstić information content (AvgIpc) is 2.64. The minimum absolute atomic E-state index is 0.0717. The Kier molecular flexibility index (Phi) is 5.21. The molecule has 0 aliphatic carbocycles. The first kappa shape index (κ1) is 19.2. The summed E-state index contributed by atoms with van der Waals surface area (Å²) in [5, 5.41) is 4.79. The van der Waals surface area contributed by atoms with E-state index in [1.54, 1.807) is 0 Å². The number of halogens is 5. The smallest absolute Gasteiger partial charge is 0.322 e. The Hall–Kier alpha value is -3.56. The van der Waals surface area contributed by atoms with Gasteiger partial charge in [0.15, 0.2) is 0 Å². The normalized spacial score (nSPS) is 11.2. The van der Waals surface area contributed by atoms with Crippen LogP contribution in [0.15, 0.2) is 54.7 Å². The van der Waals surface area contributed by atoms with E-state index in [9.17, 15) is 26.7 Å². The Bertz CT molecular complexity index is 1020. The largest absolute Gasteiger partial charge is 0.416 e. The van der Waals surface area contributed by atoms with E-state index in [0.29, 0.717) is 6.07 Å². The number of alkyl halides is 3. The number of hydrogen-bond acceptors (Lipinski definition) is 4. The zero-order chi connectivity index (χ0) is 20.3. The maximum absolute atomic E-state index is 13.7. The van der Waals surface area contributed by atoms with E-state index in [2.05, 4.69) is 20.6 Å². The SMILES string of the molecule is O=C(Nc1cccc(C(F)(F)F)c1)c1ccnc(Nc2ccc(F)cc2F)n1. The Labute approximate surface area is 155 Å². The molecule has 3 aromatic rings. The van der Waals surface area contributed by atoms with E-state index >= 15 is 0 Å². The van der Waals surface area contributed by atoms with Gasteiger partial charge in [0, 0.05) is 18.0 Å². The van der Waals surface area contributed by atoms with Crippen molar-refractivity contribution in [2.24, 2.45) is 0 Å². The van der Waals surface area contributed by atoms with Crippen molar-refractivity contribution in [1.29, 1.82) is 0 Å². The predicted octanol–water partition coefficient (Wildman–Crippen LogP) is 4.77. The van der Waals surface area contributed by atoms with Crippen LogP contribution in [0.2, 0.25) is 0 Å². The van der Waals surface area contributed by atoms with Crippen LogP contribution < -0.4 is 10.6 Å². The van der Waals surface area contributed by atoms with Gasteiger partial charge in [-0.3, -0.25) is 4.79 Å². The molecule has 0 unspecified atom stereocenters. The van der Waals surface area contributed by atoms with Crippen LogP contribution in [0.5, 0.6) is 0 Å². The van der Waals surface area contributed by atoms with Crippen LogP contribution >= 0.6 is 0 Å². The van der Waals surface area contributed by atoms with Crippen LogP contribution in [0.3, 0.4) is 0 Å². The van der Waals surface area contributed by atoms with Gasteiger partial charge >= 0.3 is 6.18 Å². The van der Waals surface area contributed by atoms with Gasteiger partial charge in [-0.25, -0.2) is 18.7 Å². The number of carbonyl (C=O) groups is 1. The molecule has 1 heterocycles. The number of hydrogen-bond donors (Lipinski definition) is 2. The number of amides is 1. The molecule has 5 nitrogen and oxygen atoms in total. The molecule has 2 aromatic carbocycles. The zero-order valence-corrected chi connectivity index (χ0v) is 13.9. The van der Waals surface area contributed by atoms with E-state index < -0.39 is 29.3 Å². The number of aromatic nitrogens is 2. The van der Waals surface area contributed by atoms with Gasteiger partial charge in [0.05, 0.1) is 11.3 Å². The van der Waals surface area contributed by atoms with Crippen molar-refractivity contribution >= 4 is 23.2 Å². The van der Waals surface area contributed by atoms with Crippen molar-refractivity contribution in [2.45, 2.75) is 6.18 Å². The van der Waals surface area contributed by atoms with Gasteiger partial charge in [0.1, 0.15) is 17.3 Å². The lowest BCUT2D eigenvalue weighted by atomic mass is 10.2. The van der Waals surface area contributed by atoms with Gasteiger partial charge in [-0.2, -0.15) is 13.2 Å². The number of rotatable bonds is 4. The Morgan fingerprint density at radius 2 is 1.79 bits per heavy atom. The van der Waals surface area contributed by atoms with Crippen LogP contribution in [-0.2, 0) is 6.18 Å². The molecule has 0 radical (unpaired) electrons. The van der Waals surface area contributed by atoms with Crippen molar-refractivity contribution in [1.82, 2.24) is 9.97 Å². The molecule has 0 atom stereocenters. The summed E-state index contributed by atoms with van der Waals surface area (Å²) in [6.07, 6.45) is -3.34. The summed E-state index contributed by atoms with van der Waals surface area (Å²) in [4.78, 5) is 20.0. The highest BCUT2D eigenvalue weighted by molar-refractivity contribution is 6.03. The maximum atomic E-state index is 13.7. The third-order valence-electron chi connectivity index (χ3n) is 3.51. The summed E-state index contributed by atoms with van der Waals surface area (Å²) < 4.78 is 64.9. The van der Waals surface area contributed by atoms with E-state index in [4.69, 9.17) is 0 Å². The van der Waals surface area contributed by atoms with Crippen molar-refractivity contribution in [3.8, 4) is 0 Å². The minimum Gasteiger partial charge on any atom is -0.322 e. The summed E-state index contributed by atoms with van der Waals surface area (Å²) >= 11 is 0. The number of anilines is 3. The molecule has 0 fully saturated rings. The molecular formula is C18H11F5N4O. The van der Waals surface area contributed by atoms with E-state index in [0.717, 1.165) is 30.3 Å². The summed E-state index contributed by atoms with van der Waals surface area (Å²) in [6.45, 7) is 0. The molecule has 1 aromatic heterocycles. The lowest BCUT2D eigenvalue weighted by Gasteiger charge is -2.10. The molecule has 0 spiro atoms. The van der Waals surface area contributed by atoms with Gasteiger partial charge in [0.25, 0.3) is 5.91 Å². The van der Waals surface area contributed by atoms with Crippen LogP contribution in [0.25, 0.3) is 0 Å². The van der Waals surface area contributed by atoms with E-state index in [1.807, 2.05) is 0 Å². The second kappa shape index (κ2) is 7.59. The molecule has 0 bridgehead atoms. The first-order valence-electron chi connectivity index (χ1n) is 7.76. The molecule has 0 aliphatic rings. The highest BCUT2D eigenvalue weighted by Crippen LogP contribution is 2.30. The molecular weight excluding hydrogens is 383 g/mol. The molecule has 0 saturated carbocycles. The fourth-order valence-electron chi connectivity index (χ4n) is 2.23. The maximum Gasteiger partial charge on any atom is 0.416 e. The summed E-state index contributed by atoms with van der Waals surface area (Å²) in [5.41, 5.74) is -1.27. The Morgan fingerprint density at radius 3 is 2.50 bits per heavy atom. The van der Waals surface area contributed by atoms with Crippen molar-refractivity contribution in [2.75, 3.05) is 10.6 Å². The molecule has 28 heavy (non-hydrogen) atoms. The molecule has 3 rings (SSSR count). The first-order valence-corrected chi connectivity index (χ1v) is 7.76. The third-order valence-corrected chi connectivity index (χ3v) is 3.51. The second-order valence-corrected chi connectivity index (χ2v) is 5.55. The molecule has 1 amide bonds. The van der Waals surface area contributed by atoms with Gasteiger partial charge in [-0.05, 0) is 36.4 Å². The Balaban J connectivity index is 1.77. The lowest BCUT2D eigenvalue weighted by Crippen LogP contribution is -2.15. The van der Waals surface area contributed by atoms with Crippen molar-refractivity contribution in [3.63, 3.8) is 0 Å². The van der Waals surface area contributed by atoms with Gasteiger partial charge < -0.3 is 10.6 Å². The second-order valence-electron chi connectivity index (χ2n) is 5.55. The van der Waals surface area contributed by atoms with Gasteiger partial charge in [-0.1, -0.05) is 6.07 Å². The highest BCUT2D eigenvalue weighted by Gasteiger charge is 2.30. The highest BCUT2D eigenvalue weighted by atomic mass is 19.4. The van der Waals surface area contributed by atoms with Crippen LogP contribution in [0.1, 0.15) is 16.1 Å².